The third kappa shape index (κ3) is 8.35. The van der Waals surface area contributed by atoms with Gasteiger partial charge in [-0.15, -0.1) is 24.0 Å². The molecule has 2 aromatic carbocycles. The second-order valence-electron chi connectivity index (χ2n) is 7.05. The highest BCUT2D eigenvalue weighted by atomic mass is 127. The molecule has 0 saturated heterocycles. The van der Waals surface area contributed by atoms with Crippen LogP contribution in [0.2, 0.25) is 0 Å². The summed E-state index contributed by atoms with van der Waals surface area (Å²) in [6, 6.07) is 12.7. The van der Waals surface area contributed by atoms with Crippen LogP contribution in [0, 0.1) is 5.82 Å². The predicted molar refractivity (Wildman–Crippen MR) is 130 cm³/mol. The maximum absolute atomic E-state index is 13.9. The lowest BCUT2D eigenvalue weighted by Crippen LogP contribution is -2.41. The molecule has 0 saturated carbocycles. The van der Waals surface area contributed by atoms with E-state index >= 15 is 0 Å². The molecule has 0 spiro atoms. The van der Waals surface area contributed by atoms with Crippen molar-refractivity contribution in [3.8, 4) is 11.5 Å². The number of hydrogen-bond donors (Lipinski definition) is 2. The highest BCUT2D eigenvalue weighted by Crippen LogP contribution is 2.26. The SMILES string of the molecule is CN=C(NCc1ccc(F)c(CN(C)C)c1)NCC(C)Oc1ccccc1OC.I. The van der Waals surface area contributed by atoms with E-state index in [9.17, 15) is 4.39 Å². The minimum atomic E-state index is -0.188. The Hall–Kier alpha value is -2.07. The number of guanidine groups is 1. The molecule has 0 fully saturated rings. The van der Waals surface area contributed by atoms with Gasteiger partial charge in [0.05, 0.1) is 13.7 Å². The van der Waals surface area contributed by atoms with Crippen molar-refractivity contribution in [2.24, 2.45) is 4.99 Å². The normalized spacial score (nSPS) is 12.2. The molecule has 0 aliphatic rings. The number of benzene rings is 2. The van der Waals surface area contributed by atoms with Crippen molar-refractivity contribution in [2.75, 3.05) is 34.8 Å². The van der Waals surface area contributed by atoms with Crippen LogP contribution in [0.1, 0.15) is 18.1 Å². The Bertz CT molecular complexity index is 817. The fraction of sp³-hybridized carbons (Fsp3) is 0.409. The van der Waals surface area contributed by atoms with Gasteiger partial charge in [0.15, 0.2) is 17.5 Å². The number of halogens is 2. The lowest BCUT2D eigenvalue weighted by atomic mass is 10.1. The molecule has 1 atom stereocenters. The highest BCUT2D eigenvalue weighted by molar-refractivity contribution is 14.0. The second kappa shape index (κ2) is 13.3. The van der Waals surface area contributed by atoms with E-state index in [4.69, 9.17) is 9.47 Å². The first-order valence-corrected chi connectivity index (χ1v) is 9.59. The quantitative estimate of drug-likeness (QED) is 0.295. The molecule has 0 aliphatic heterocycles. The molecule has 1 unspecified atom stereocenters. The van der Waals surface area contributed by atoms with Crippen LogP contribution >= 0.6 is 24.0 Å². The Morgan fingerprint density at radius 1 is 1.13 bits per heavy atom. The number of nitrogens with one attached hydrogen (secondary N) is 2. The molecule has 6 nitrogen and oxygen atoms in total. The standard InChI is InChI=1S/C22H31FN4O2.HI/c1-16(29-21-9-7-6-8-20(21)28-5)13-25-22(24-2)26-14-17-10-11-19(23)18(12-17)15-27(3)4;/h6-12,16H,13-15H2,1-5H3,(H2,24,25,26);1H. The second-order valence-corrected chi connectivity index (χ2v) is 7.05. The van der Waals surface area contributed by atoms with Gasteiger partial charge in [0.2, 0.25) is 0 Å². The lowest BCUT2D eigenvalue weighted by molar-refractivity contribution is 0.213. The Labute approximate surface area is 195 Å². The number of hydrogen-bond acceptors (Lipinski definition) is 4. The van der Waals surface area contributed by atoms with Gasteiger partial charge in [0.1, 0.15) is 11.9 Å². The molecule has 166 valence electrons. The van der Waals surface area contributed by atoms with E-state index in [1.807, 2.05) is 56.3 Å². The van der Waals surface area contributed by atoms with Crippen molar-refractivity contribution in [3.63, 3.8) is 0 Å². The summed E-state index contributed by atoms with van der Waals surface area (Å²) in [6.07, 6.45) is -0.0950. The average molecular weight is 530 g/mol. The number of rotatable bonds is 9. The summed E-state index contributed by atoms with van der Waals surface area (Å²) in [6.45, 7) is 3.64. The van der Waals surface area contributed by atoms with Crippen molar-refractivity contribution < 1.29 is 13.9 Å². The minimum Gasteiger partial charge on any atom is -0.493 e. The highest BCUT2D eigenvalue weighted by Gasteiger charge is 2.10. The molecule has 0 heterocycles. The first-order valence-electron chi connectivity index (χ1n) is 9.59. The lowest BCUT2D eigenvalue weighted by Gasteiger charge is -2.19. The van der Waals surface area contributed by atoms with Crippen LogP contribution in [-0.4, -0.2) is 51.8 Å². The Morgan fingerprint density at radius 3 is 2.47 bits per heavy atom. The number of aliphatic imine (C=N–C) groups is 1. The molecular weight excluding hydrogens is 498 g/mol. The molecule has 2 aromatic rings. The van der Waals surface area contributed by atoms with E-state index in [1.54, 1.807) is 20.2 Å². The Balaban J connectivity index is 0.00000450. The van der Waals surface area contributed by atoms with Crippen molar-refractivity contribution in [2.45, 2.75) is 26.1 Å². The van der Waals surface area contributed by atoms with E-state index in [0.29, 0.717) is 42.7 Å². The first-order chi connectivity index (χ1) is 13.9. The van der Waals surface area contributed by atoms with Crippen molar-refractivity contribution in [1.82, 2.24) is 15.5 Å². The zero-order valence-electron chi connectivity index (χ0n) is 18.2. The zero-order valence-corrected chi connectivity index (χ0v) is 20.6. The maximum atomic E-state index is 13.9. The summed E-state index contributed by atoms with van der Waals surface area (Å²) in [5.41, 5.74) is 1.67. The van der Waals surface area contributed by atoms with Crippen LogP contribution < -0.4 is 20.1 Å². The largest absolute Gasteiger partial charge is 0.493 e. The fourth-order valence-electron chi connectivity index (χ4n) is 2.82. The molecule has 8 heteroatoms. The van der Waals surface area contributed by atoms with E-state index in [-0.39, 0.29) is 35.9 Å². The van der Waals surface area contributed by atoms with Gasteiger partial charge in [-0.2, -0.15) is 0 Å². The smallest absolute Gasteiger partial charge is 0.191 e. The third-order valence-corrected chi connectivity index (χ3v) is 4.23. The molecule has 2 rings (SSSR count). The van der Waals surface area contributed by atoms with E-state index in [2.05, 4.69) is 15.6 Å². The van der Waals surface area contributed by atoms with Gasteiger partial charge >= 0.3 is 0 Å². The van der Waals surface area contributed by atoms with Gasteiger partial charge in [-0.3, -0.25) is 4.99 Å². The third-order valence-electron chi connectivity index (χ3n) is 4.23. The molecule has 0 aliphatic carbocycles. The van der Waals surface area contributed by atoms with Gasteiger partial charge < -0.3 is 25.0 Å². The van der Waals surface area contributed by atoms with Gasteiger partial charge in [0.25, 0.3) is 0 Å². The number of ether oxygens (including phenoxy) is 2. The van der Waals surface area contributed by atoms with E-state index in [0.717, 1.165) is 5.56 Å². The van der Waals surface area contributed by atoms with Gasteiger partial charge in [-0.25, -0.2) is 4.39 Å². The van der Waals surface area contributed by atoms with Crippen molar-refractivity contribution in [3.05, 3.63) is 59.4 Å². The molecule has 0 bridgehead atoms. The van der Waals surface area contributed by atoms with Crippen LogP contribution in [0.5, 0.6) is 11.5 Å². The van der Waals surface area contributed by atoms with Crippen LogP contribution in [0.15, 0.2) is 47.5 Å². The molecule has 30 heavy (non-hydrogen) atoms. The molecule has 2 N–H and O–H groups in total. The topological polar surface area (TPSA) is 58.1 Å². The van der Waals surface area contributed by atoms with E-state index in [1.165, 1.54) is 6.07 Å². The Kier molecular flexibility index (Phi) is 11.5. The Morgan fingerprint density at radius 2 is 1.83 bits per heavy atom. The summed E-state index contributed by atoms with van der Waals surface area (Å²) < 4.78 is 25.2. The maximum Gasteiger partial charge on any atom is 0.191 e. The zero-order chi connectivity index (χ0) is 21.2. The predicted octanol–water partition coefficient (Wildman–Crippen LogP) is 3.65. The summed E-state index contributed by atoms with van der Waals surface area (Å²) in [5.74, 6) is 1.87. The minimum absolute atomic E-state index is 0. The summed E-state index contributed by atoms with van der Waals surface area (Å²) >= 11 is 0. The van der Waals surface area contributed by atoms with Crippen molar-refractivity contribution >= 4 is 29.9 Å². The van der Waals surface area contributed by atoms with Crippen LogP contribution in [-0.2, 0) is 13.1 Å². The number of nitrogens with zero attached hydrogens (tertiary/aromatic N) is 2. The molecule has 0 aromatic heterocycles. The fourth-order valence-corrected chi connectivity index (χ4v) is 2.82. The average Bonchev–Trinajstić information content (AvgIpc) is 2.70. The number of methoxy groups -OCH3 is 1. The number of para-hydroxylation sites is 2. The van der Waals surface area contributed by atoms with Gasteiger partial charge in [0, 0.05) is 25.7 Å². The van der Waals surface area contributed by atoms with Crippen LogP contribution in [0.4, 0.5) is 4.39 Å². The van der Waals surface area contributed by atoms with Crippen LogP contribution in [0.25, 0.3) is 0 Å². The summed E-state index contributed by atoms with van der Waals surface area (Å²) in [7, 11) is 7.17. The van der Waals surface area contributed by atoms with Gasteiger partial charge in [-0.05, 0) is 50.8 Å². The van der Waals surface area contributed by atoms with E-state index < -0.39 is 0 Å². The van der Waals surface area contributed by atoms with Crippen LogP contribution in [0.3, 0.4) is 0 Å². The van der Waals surface area contributed by atoms with Gasteiger partial charge in [-0.1, -0.05) is 18.2 Å². The summed E-state index contributed by atoms with van der Waals surface area (Å²) in [4.78, 5) is 6.18. The first kappa shape index (κ1) is 26.0. The summed E-state index contributed by atoms with van der Waals surface area (Å²) in [5, 5.41) is 6.50. The monoisotopic (exact) mass is 530 g/mol. The van der Waals surface area contributed by atoms with Crippen molar-refractivity contribution in [1.29, 1.82) is 0 Å². The molecular formula is C22H32FIN4O2. The molecule has 0 radical (unpaired) electrons. The molecule has 0 amide bonds.